The Labute approximate surface area is 327 Å². The number of para-hydroxylation sites is 2. The van der Waals surface area contributed by atoms with Crippen molar-refractivity contribution in [2.24, 2.45) is 0 Å². The maximum Gasteiger partial charge on any atom is 0.166 e. The Kier molecular flexibility index (Phi) is 7.64. The van der Waals surface area contributed by atoms with Crippen LogP contribution in [0.3, 0.4) is 0 Å². The van der Waals surface area contributed by atoms with Crippen LogP contribution in [0.25, 0.3) is 104 Å². The molecule has 0 saturated carbocycles. The van der Waals surface area contributed by atoms with E-state index in [0.717, 1.165) is 44.4 Å². The van der Waals surface area contributed by atoms with Crippen LogP contribution >= 0.6 is 11.3 Å². The number of thiophene rings is 1. The molecule has 11 aromatic rings. The fourth-order valence-corrected chi connectivity index (χ4v) is 9.28. The lowest BCUT2D eigenvalue weighted by Crippen LogP contribution is -2.02. The molecule has 0 aliphatic rings. The summed E-state index contributed by atoms with van der Waals surface area (Å²) in [5.74, 6) is 1.89. The molecule has 0 saturated heterocycles. The molecule has 56 heavy (non-hydrogen) atoms. The summed E-state index contributed by atoms with van der Waals surface area (Å²) >= 11 is 1.86. The first-order valence-electron chi connectivity index (χ1n) is 18.8. The molecule has 0 radical (unpaired) electrons. The minimum atomic E-state index is 0.627. The molecule has 3 aromatic heterocycles. The van der Waals surface area contributed by atoms with Crippen LogP contribution in [-0.2, 0) is 0 Å². The van der Waals surface area contributed by atoms with E-state index >= 15 is 0 Å². The van der Waals surface area contributed by atoms with E-state index in [0.29, 0.717) is 17.5 Å². The number of nitrogens with zero attached hydrogens (tertiary/aromatic N) is 4. The number of rotatable bonds is 6. The van der Waals surface area contributed by atoms with Gasteiger partial charge in [-0.15, -0.1) is 11.3 Å². The predicted molar refractivity (Wildman–Crippen MR) is 234 cm³/mol. The molecular formula is C51H32N4S. The molecule has 0 N–H and O–H groups in total. The topological polar surface area (TPSA) is 43.6 Å². The molecule has 0 spiro atoms. The van der Waals surface area contributed by atoms with Crippen LogP contribution in [0, 0.1) is 0 Å². The lowest BCUT2D eigenvalue weighted by atomic mass is 10.0. The average Bonchev–Trinajstić information content (AvgIpc) is 3.83. The van der Waals surface area contributed by atoms with Gasteiger partial charge in [-0.1, -0.05) is 164 Å². The maximum atomic E-state index is 5.24. The van der Waals surface area contributed by atoms with E-state index < -0.39 is 0 Å². The largest absolute Gasteiger partial charge is 0.308 e. The third-order valence-corrected chi connectivity index (χ3v) is 11.9. The molecule has 0 aliphatic heterocycles. The summed E-state index contributed by atoms with van der Waals surface area (Å²) in [4.78, 5) is 15.5. The first-order chi connectivity index (χ1) is 27.8. The molecule has 4 nitrogen and oxygen atoms in total. The van der Waals surface area contributed by atoms with Gasteiger partial charge < -0.3 is 4.57 Å². The quantitative estimate of drug-likeness (QED) is 0.171. The first kappa shape index (κ1) is 32.2. The zero-order valence-corrected chi connectivity index (χ0v) is 31.0. The molecule has 0 unspecified atom stereocenters. The van der Waals surface area contributed by atoms with E-state index in [4.69, 9.17) is 15.0 Å². The lowest BCUT2D eigenvalue weighted by Gasteiger charge is -2.14. The number of aromatic nitrogens is 4. The van der Waals surface area contributed by atoms with Gasteiger partial charge >= 0.3 is 0 Å². The van der Waals surface area contributed by atoms with Gasteiger partial charge in [-0.2, -0.15) is 0 Å². The monoisotopic (exact) mass is 732 g/mol. The molecule has 0 fully saturated rings. The van der Waals surface area contributed by atoms with Crippen molar-refractivity contribution in [1.82, 2.24) is 19.5 Å². The van der Waals surface area contributed by atoms with Crippen LogP contribution in [0.15, 0.2) is 194 Å². The number of hydrogen-bond donors (Lipinski definition) is 0. The molecular weight excluding hydrogens is 701 g/mol. The standard InChI is InChI=1S/C51H32N4S/c1-3-14-33(15-4-1)34-28-30-36(31-29-34)50-52-49(35-16-5-2-6-17-35)53-51(54-50)44-25-13-23-42-40-20-7-9-26-45(40)55(47(42)44)38-19-11-18-37(32-38)39-22-12-24-43-41-21-8-10-27-46(41)56-48(39)43/h1-32H. The Morgan fingerprint density at radius 1 is 0.357 bits per heavy atom. The van der Waals surface area contributed by atoms with E-state index in [2.05, 4.69) is 174 Å². The van der Waals surface area contributed by atoms with Crippen molar-refractivity contribution in [2.45, 2.75) is 0 Å². The van der Waals surface area contributed by atoms with E-state index in [1.807, 2.05) is 35.6 Å². The predicted octanol–water partition coefficient (Wildman–Crippen LogP) is 13.7. The molecule has 5 heteroatoms. The third-order valence-electron chi connectivity index (χ3n) is 10.7. The van der Waals surface area contributed by atoms with Gasteiger partial charge in [0.15, 0.2) is 17.5 Å². The van der Waals surface area contributed by atoms with Crippen LogP contribution in [0.1, 0.15) is 0 Å². The fourth-order valence-electron chi connectivity index (χ4n) is 8.04. The van der Waals surface area contributed by atoms with Gasteiger partial charge in [-0.3, -0.25) is 0 Å². The molecule has 3 heterocycles. The van der Waals surface area contributed by atoms with Crippen molar-refractivity contribution < 1.29 is 0 Å². The van der Waals surface area contributed by atoms with Crippen molar-refractivity contribution in [3.05, 3.63) is 194 Å². The van der Waals surface area contributed by atoms with Crippen molar-refractivity contribution in [2.75, 3.05) is 0 Å². The minimum Gasteiger partial charge on any atom is -0.308 e. The van der Waals surface area contributed by atoms with Crippen molar-refractivity contribution in [1.29, 1.82) is 0 Å². The van der Waals surface area contributed by atoms with Crippen molar-refractivity contribution in [3.8, 4) is 62.1 Å². The summed E-state index contributed by atoms with van der Waals surface area (Å²) in [6, 6.07) is 68.5. The number of fused-ring (bicyclic) bond motifs is 6. The summed E-state index contributed by atoms with van der Waals surface area (Å²) in [6.45, 7) is 0. The molecule has 0 amide bonds. The molecule has 8 aromatic carbocycles. The van der Waals surface area contributed by atoms with Gasteiger partial charge in [0.2, 0.25) is 0 Å². The van der Waals surface area contributed by atoms with Crippen LogP contribution in [0.5, 0.6) is 0 Å². The highest BCUT2D eigenvalue weighted by Crippen LogP contribution is 2.42. The Morgan fingerprint density at radius 3 is 1.68 bits per heavy atom. The van der Waals surface area contributed by atoms with Crippen LogP contribution in [0.4, 0.5) is 0 Å². The van der Waals surface area contributed by atoms with E-state index in [1.165, 1.54) is 42.2 Å². The van der Waals surface area contributed by atoms with Crippen molar-refractivity contribution in [3.63, 3.8) is 0 Å². The van der Waals surface area contributed by atoms with E-state index in [-0.39, 0.29) is 0 Å². The second-order valence-electron chi connectivity index (χ2n) is 14.0. The smallest absolute Gasteiger partial charge is 0.166 e. The Balaban J connectivity index is 1.12. The first-order valence-corrected chi connectivity index (χ1v) is 19.6. The fraction of sp³-hybridized carbons (Fsp3) is 0. The lowest BCUT2D eigenvalue weighted by molar-refractivity contribution is 1.07. The van der Waals surface area contributed by atoms with Gasteiger partial charge in [0, 0.05) is 53.3 Å². The summed E-state index contributed by atoms with van der Waals surface area (Å²) < 4.78 is 4.99. The second-order valence-corrected chi connectivity index (χ2v) is 15.1. The highest BCUT2D eigenvalue weighted by Gasteiger charge is 2.21. The Hall–Kier alpha value is -7.21. The van der Waals surface area contributed by atoms with Gasteiger partial charge in [0.25, 0.3) is 0 Å². The van der Waals surface area contributed by atoms with Gasteiger partial charge in [-0.05, 0) is 52.6 Å². The Bertz CT molecular complexity index is 3240. The molecule has 0 atom stereocenters. The Morgan fingerprint density at radius 2 is 0.893 bits per heavy atom. The SMILES string of the molecule is c1ccc(-c2ccc(-c3nc(-c4ccccc4)nc(-c4cccc5c6ccccc6n(-c6cccc(-c7cccc8c7sc7ccccc78)c6)c45)n3)cc2)cc1. The summed E-state index contributed by atoms with van der Waals surface area (Å²) in [5, 5.41) is 4.92. The maximum absolute atomic E-state index is 5.24. The van der Waals surface area contributed by atoms with Crippen LogP contribution < -0.4 is 0 Å². The average molecular weight is 733 g/mol. The van der Waals surface area contributed by atoms with E-state index in [9.17, 15) is 0 Å². The normalized spacial score (nSPS) is 11.6. The second kappa shape index (κ2) is 13.3. The molecule has 11 rings (SSSR count). The van der Waals surface area contributed by atoms with Gasteiger partial charge in [0.05, 0.1) is 11.0 Å². The van der Waals surface area contributed by atoms with Gasteiger partial charge in [-0.25, -0.2) is 15.0 Å². The van der Waals surface area contributed by atoms with Crippen LogP contribution in [0.2, 0.25) is 0 Å². The number of benzene rings is 8. The van der Waals surface area contributed by atoms with E-state index in [1.54, 1.807) is 0 Å². The summed E-state index contributed by atoms with van der Waals surface area (Å²) in [7, 11) is 0. The minimum absolute atomic E-state index is 0.627. The molecule has 0 bridgehead atoms. The van der Waals surface area contributed by atoms with Crippen LogP contribution in [-0.4, -0.2) is 19.5 Å². The molecule has 0 aliphatic carbocycles. The zero-order valence-electron chi connectivity index (χ0n) is 30.2. The third kappa shape index (κ3) is 5.40. The van der Waals surface area contributed by atoms with Gasteiger partial charge in [0.1, 0.15) is 0 Å². The highest BCUT2D eigenvalue weighted by molar-refractivity contribution is 7.26. The number of hydrogen-bond acceptors (Lipinski definition) is 4. The highest BCUT2D eigenvalue weighted by atomic mass is 32.1. The summed E-state index contributed by atoms with van der Waals surface area (Å²) in [5.41, 5.74) is 10.8. The summed E-state index contributed by atoms with van der Waals surface area (Å²) in [6.07, 6.45) is 0. The molecule has 262 valence electrons. The van der Waals surface area contributed by atoms with Crippen molar-refractivity contribution >= 4 is 53.3 Å². The zero-order chi connectivity index (χ0) is 37.0.